The Bertz CT molecular complexity index is 1050. The summed E-state index contributed by atoms with van der Waals surface area (Å²) in [6.45, 7) is 4.23. The number of hydrogen-bond acceptors (Lipinski definition) is 9. The number of hydrogen-bond donors (Lipinski definition) is 2. The first kappa shape index (κ1) is 23.6. The number of anilines is 1. The van der Waals surface area contributed by atoms with E-state index in [1.807, 2.05) is 42.8 Å². The van der Waals surface area contributed by atoms with Gasteiger partial charge in [0.25, 0.3) is 0 Å². The van der Waals surface area contributed by atoms with Crippen molar-refractivity contribution in [3.8, 4) is 27.7 Å². The van der Waals surface area contributed by atoms with E-state index in [4.69, 9.17) is 19.4 Å². The highest BCUT2D eigenvalue weighted by molar-refractivity contribution is 7.13. The minimum absolute atomic E-state index is 0.211. The molecule has 4 rings (SSSR count). The molecule has 2 aromatic heterocycles. The zero-order chi connectivity index (χ0) is 23.2. The van der Waals surface area contributed by atoms with Gasteiger partial charge in [-0.2, -0.15) is 0 Å². The predicted octanol–water partition coefficient (Wildman–Crippen LogP) is 3.15. The number of likely N-dealkylation sites (N-methyl/N-ethyl adjacent to an activating group) is 1. The van der Waals surface area contributed by atoms with Crippen LogP contribution in [0.15, 0.2) is 35.8 Å². The summed E-state index contributed by atoms with van der Waals surface area (Å²) in [5.74, 6) is 2.19. The number of aliphatic hydroxyl groups excluding tert-OH is 1. The van der Waals surface area contributed by atoms with E-state index in [-0.39, 0.29) is 6.61 Å². The molecule has 1 saturated heterocycles. The van der Waals surface area contributed by atoms with E-state index < -0.39 is 6.10 Å². The molecule has 0 amide bonds. The van der Waals surface area contributed by atoms with Crippen LogP contribution in [-0.4, -0.2) is 72.7 Å². The molecule has 1 atom stereocenters. The summed E-state index contributed by atoms with van der Waals surface area (Å²) < 4.78 is 11.3. The van der Waals surface area contributed by atoms with Gasteiger partial charge in [-0.3, -0.25) is 0 Å². The van der Waals surface area contributed by atoms with Gasteiger partial charge in [-0.1, -0.05) is 12.1 Å². The van der Waals surface area contributed by atoms with Gasteiger partial charge >= 0.3 is 0 Å². The Kier molecular flexibility index (Phi) is 7.87. The molecule has 0 saturated carbocycles. The molecule has 1 unspecified atom stereocenters. The second-order valence-corrected chi connectivity index (χ2v) is 9.06. The van der Waals surface area contributed by atoms with Crippen LogP contribution in [0, 0.1) is 6.92 Å². The number of nitrogens with zero attached hydrogens (tertiary/aromatic N) is 4. The SMILES string of the molecule is CNCC(O)COc1cccc(-c2nc(-c3scnc3C)cc(N(C)C3CCOCC3)n2)c1. The summed E-state index contributed by atoms with van der Waals surface area (Å²) in [5, 5.41) is 12.9. The molecule has 176 valence electrons. The quantitative estimate of drug-likeness (QED) is 0.494. The molecule has 1 aliphatic rings. The summed E-state index contributed by atoms with van der Waals surface area (Å²) in [5.41, 5.74) is 4.53. The number of benzene rings is 1. The lowest BCUT2D eigenvalue weighted by Crippen LogP contribution is -2.37. The van der Waals surface area contributed by atoms with Crippen molar-refractivity contribution in [1.82, 2.24) is 20.3 Å². The largest absolute Gasteiger partial charge is 0.491 e. The molecule has 1 aliphatic heterocycles. The maximum Gasteiger partial charge on any atom is 0.162 e. The van der Waals surface area contributed by atoms with Gasteiger partial charge in [-0.25, -0.2) is 15.0 Å². The van der Waals surface area contributed by atoms with Crippen molar-refractivity contribution in [3.63, 3.8) is 0 Å². The maximum absolute atomic E-state index is 9.95. The summed E-state index contributed by atoms with van der Waals surface area (Å²) in [4.78, 5) is 17.5. The van der Waals surface area contributed by atoms with Crippen LogP contribution in [0.2, 0.25) is 0 Å². The molecule has 0 bridgehead atoms. The fourth-order valence-electron chi connectivity index (χ4n) is 3.88. The number of nitrogens with one attached hydrogen (secondary N) is 1. The molecular weight excluding hydrogens is 438 g/mol. The molecule has 0 aliphatic carbocycles. The lowest BCUT2D eigenvalue weighted by molar-refractivity contribution is 0.0853. The molecule has 1 aromatic carbocycles. The Hall–Kier alpha value is -2.59. The minimum Gasteiger partial charge on any atom is -0.491 e. The number of aliphatic hydroxyl groups is 1. The predicted molar refractivity (Wildman–Crippen MR) is 131 cm³/mol. The van der Waals surface area contributed by atoms with Crippen LogP contribution in [0.1, 0.15) is 18.5 Å². The molecular formula is C24H31N5O3S. The third kappa shape index (κ3) is 5.86. The van der Waals surface area contributed by atoms with Gasteiger partial charge < -0.3 is 24.8 Å². The van der Waals surface area contributed by atoms with Crippen LogP contribution in [0.25, 0.3) is 22.0 Å². The van der Waals surface area contributed by atoms with E-state index in [0.717, 1.165) is 53.7 Å². The first-order valence-corrected chi connectivity index (χ1v) is 12.1. The number of thiazole rings is 1. The summed E-state index contributed by atoms with van der Waals surface area (Å²) >= 11 is 1.58. The van der Waals surface area contributed by atoms with Crippen molar-refractivity contribution in [1.29, 1.82) is 0 Å². The first-order chi connectivity index (χ1) is 16.0. The average Bonchev–Trinajstić information content (AvgIpc) is 3.29. The van der Waals surface area contributed by atoms with Crippen molar-refractivity contribution >= 4 is 17.2 Å². The molecule has 1 fully saturated rings. The van der Waals surface area contributed by atoms with Crippen molar-refractivity contribution in [2.45, 2.75) is 31.9 Å². The monoisotopic (exact) mass is 469 g/mol. The first-order valence-electron chi connectivity index (χ1n) is 11.2. The average molecular weight is 470 g/mol. The van der Waals surface area contributed by atoms with E-state index in [1.165, 1.54) is 0 Å². The van der Waals surface area contributed by atoms with Crippen LogP contribution < -0.4 is 15.0 Å². The van der Waals surface area contributed by atoms with Gasteiger partial charge in [0, 0.05) is 44.5 Å². The number of aryl methyl sites for hydroxylation is 1. The van der Waals surface area contributed by atoms with Gasteiger partial charge in [0.05, 0.1) is 21.8 Å². The summed E-state index contributed by atoms with van der Waals surface area (Å²) in [6, 6.07) is 10.1. The molecule has 8 nitrogen and oxygen atoms in total. The number of ether oxygens (including phenoxy) is 2. The van der Waals surface area contributed by atoms with E-state index >= 15 is 0 Å². The second-order valence-electron chi connectivity index (χ2n) is 8.21. The zero-order valence-electron chi connectivity index (χ0n) is 19.3. The molecule has 3 heterocycles. The van der Waals surface area contributed by atoms with Crippen molar-refractivity contribution in [3.05, 3.63) is 41.5 Å². The van der Waals surface area contributed by atoms with E-state index in [9.17, 15) is 5.11 Å². The second kappa shape index (κ2) is 11.0. The van der Waals surface area contributed by atoms with Crippen LogP contribution in [-0.2, 0) is 4.74 Å². The highest BCUT2D eigenvalue weighted by Gasteiger charge is 2.22. The van der Waals surface area contributed by atoms with E-state index in [1.54, 1.807) is 18.4 Å². The molecule has 0 spiro atoms. The van der Waals surface area contributed by atoms with Gasteiger partial charge in [-0.05, 0) is 38.9 Å². The zero-order valence-corrected chi connectivity index (χ0v) is 20.1. The highest BCUT2D eigenvalue weighted by atomic mass is 32.1. The number of rotatable bonds is 9. The smallest absolute Gasteiger partial charge is 0.162 e. The fraction of sp³-hybridized carbons (Fsp3) is 0.458. The highest BCUT2D eigenvalue weighted by Crippen LogP contribution is 2.32. The van der Waals surface area contributed by atoms with E-state index in [2.05, 4.69) is 22.2 Å². The fourth-order valence-corrected chi connectivity index (χ4v) is 4.64. The molecule has 3 aromatic rings. The Balaban J connectivity index is 1.67. The van der Waals surface area contributed by atoms with Gasteiger partial charge in [0.1, 0.15) is 24.3 Å². The third-order valence-electron chi connectivity index (χ3n) is 5.77. The van der Waals surface area contributed by atoms with Crippen LogP contribution in [0.3, 0.4) is 0 Å². The molecule has 0 radical (unpaired) electrons. The molecule has 2 N–H and O–H groups in total. The Morgan fingerprint density at radius 2 is 2.09 bits per heavy atom. The van der Waals surface area contributed by atoms with Gasteiger partial charge in [-0.15, -0.1) is 11.3 Å². The lowest BCUT2D eigenvalue weighted by atomic mass is 10.1. The van der Waals surface area contributed by atoms with Gasteiger partial charge in [0.2, 0.25) is 0 Å². The standard InChI is InChI=1S/C24H31N5O3S/c1-16-23(33-15-26-16)21-12-22(29(3)18-7-9-31-10-8-18)28-24(27-21)17-5-4-6-20(11-17)32-14-19(30)13-25-2/h4-6,11-12,15,18-19,25,30H,7-10,13-14H2,1-3H3. The topological polar surface area (TPSA) is 92.6 Å². The van der Waals surface area contributed by atoms with Gasteiger partial charge in [0.15, 0.2) is 5.82 Å². The Labute approximate surface area is 198 Å². The minimum atomic E-state index is -0.577. The lowest BCUT2D eigenvalue weighted by Gasteiger charge is -2.32. The molecule has 9 heteroatoms. The van der Waals surface area contributed by atoms with Crippen molar-refractivity contribution < 1.29 is 14.6 Å². The number of aromatic nitrogens is 3. The summed E-state index contributed by atoms with van der Waals surface area (Å²) in [7, 11) is 3.89. The van der Waals surface area contributed by atoms with Crippen LogP contribution >= 0.6 is 11.3 Å². The van der Waals surface area contributed by atoms with Crippen LogP contribution in [0.5, 0.6) is 5.75 Å². The molecule has 33 heavy (non-hydrogen) atoms. The van der Waals surface area contributed by atoms with E-state index in [0.29, 0.717) is 24.2 Å². The van der Waals surface area contributed by atoms with Crippen LogP contribution in [0.4, 0.5) is 5.82 Å². The Morgan fingerprint density at radius 3 is 2.82 bits per heavy atom. The normalized spacial score (nSPS) is 15.4. The van der Waals surface area contributed by atoms with Crippen molar-refractivity contribution in [2.24, 2.45) is 0 Å². The maximum atomic E-state index is 9.95. The van der Waals surface area contributed by atoms with Crippen molar-refractivity contribution in [2.75, 3.05) is 45.4 Å². The third-order valence-corrected chi connectivity index (χ3v) is 6.72. The summed E-state index contributed by atoms with van der Waals surface area (Å²) in [6.07, 6.45) is 1.37. The Morgan fingerprint density at radius 1 is 1.27 bits per heavy atom.